The van der Waals surface area contributed by atoms with Crippen LogP contribution < -0.4 is 5.32 Å². The third-order valence-electron chi connectivity index (χ3n) is 5.89. The van der Waals surface area contributed by atoms with Crippen molar-refractivity contribution in [2.24, 2.45) is 0 Å². The first kappa shape index (κ1) is 20.3. The normalized spacial score (nSPS) is 20.9. The first-order chi connectivity index (χ1) is 13.9. The maximum atomic E-state index is 13.3. The number of hydrogen-bond donors (Lipinski definition) is 1. The second-order valence-corrected chi connectivity index (χ2v) is 7.48. The molecule has 5 heteroatoms. The molecule has 1 aliphatic heterocycles. The number of piperazine rings is 1. The molecule has 0 bridgehead atoms. The van der Waals surface area contributed by atoms with Gasteiger partial charge in [-0.3, -0.25) is 9.59 Å². The SMILES string of the molecule is CCC1(Cc2ccccc2)C(=O)NC(=C(C)c2c(C)cccc2C#N)C(=O)N1C. The van der Waals surface area contributed by atoms with Gasteiger partial charge in [0.2, 0.25) is 0 Å². The van der Waals surface area contributed by atoms with E-state index >= 15 is 0 Å². The lowest BCUT2D eigenvalue weighted by atomic mass is 9.83. The van der Waals surface area contributed by atoms with E-state index in [0.717, 1.165) is 11.1 Å². The lowest BCUT2D eigenvalue weighted by molar-refractivity contribution is -0.148. The molecule has 0 aromatic heterocycles. The topological polar surface area (TPSA) is 73.2 Å². The number of hydrogen-bond acceptors (Lipinski definition) is 3. The average molecular weight is 387 g/mol. The van der Waals surface area contributed by atoms with Crippen molar-refractivity contribution >= 4 is 17.4 Å². The Balaban J connectivity index is 2.07. The van der Waals surface area contributed by atoms with Gasteiger partial charge in [0.25, 0.3) is 11.8 Å². The summed E-state index contributed by atoms with van der Waals surface area (Å²) in [6.45, 7) is 5.59. The molecule has 0 aliphatic carbocycles. The molecule has 0 radical (unpaired) electrons. The van der Waals surface area contributed by atoms with Crippen molar-refractivity contribution in [3.8, 4) is 6.07 Å². The van der Waals surface area contributed by atoms with Crippen molar-refractivity contribution in [3.63, 3.8) is 0 Å². The largest absolute Gasteiger partial charge is 0.325 e. The minimum absolute atomic E-state index is 0.201. The average Bonchev–Trinajstić information content (AvgIpc) is 2.73. The van der Waals surface area contributed by atoms with Crippen LogP contribution in [0.5, 0.6) is 0 Å². The first-order valence-corrected chi connectivity index (χ1v) is 9.70. The Morgan fingerprint density at radius 2 is 1.83 bits per heavy atom. The number of likely N-dealkylation sites (N-methyl/N-ethyl adjacent to an activating group) is 1. The highest BCUT2D eigenvalue weighted by molar-refractivity contribution is 6.11. The maximum Gasteiger partial charge on any atom is 0.271 e. The lowest BCUT2D eigenvalue weighted by Crippen LogP contribution is -2.65. The number of benzene rings is 2. The Hall–Kier alpha value is -3.39. The van der Waals surface area contributed by atoms with Crippen LogP contribution in [-0.4, -0.2) is 29.3 Å². The number of nitrogens with one attached hydrogen (secondary N) is 1. The summed E-state index contributed by atoms with van der Waals surface area (Å²) in [6.07, 6.45) is 0.939. The summed E-state index contributed by atoms with van der Waals surface area (Å²) in [6, 6.07) is 17.3. The molecule has 1 aliphatic rings. The minimum Gasteiger partial charge on any atom is -0.325 e. The zero-order valence-electron chi connectivity index (χ0n) is 17.2. The van der Waals surface area contributed by atoms with Crippen LogP contribution in [-0.2, 0) is 16.0 Å². The molecule has 2 amide bonds. The number of nitriles is 1. The van der Waals surface area contributed by atoms with Crippen LogP contribution in [0.15, 0.2) is 54.2 Å². The van der Waals surface area contributed by atoms with Crippen molar-refractivity contribution < 1.29 is 9.59 Å². The predicted molar refractivity (Wildman–Crippen MR) is 113 cm³/mol. The predicted octanol–water partition coefficient (Wildman–Crippen LogP) is 3.58. The Morgan fingerprint density at radius 3 is 2.45 bits per heavy atom. The number of carbonyl (C=O) groups is 2. The van der Waals surface area contributed by atoms with E-state index in [1.807, 2.05) is 56.3 Å². The zero-order chi connectivity index (χ0) is 21.2. The fourth-order valence-corrected chi connectivity index (χ4v) is 4.09. The van der Waals surface area contributed by atoms with Gasteiger partial charge in [0, 0.05) is 19.0 Å². The van der Waals surface area contributed by atoms with E-state index in [1.54, 1.807) is 24.9 Å². The molecule has 1 atom stereocenters. The van der Waals surface area contributed by atoms with E-state index in [2.05, 4.69) is 11.4 Å². The molecule has 0 spiro atoms. The van der Waals surface area contributed by atoms with Gasteiger partial charge in [-0.25, -0.2) is 0 Å². The van der Waals surface area contributed by atoms with E-state index in [9.17, 15) is 14.9 Å². The molecule has 1 saturated heterocycles. The summed E-state index contributed by atoms with van der Waals surface area (Å²) in [7, 11) is 1.68. The van der Waals surface area contributed by atoms with Gasteiger partial charge < -0.3 is 10.2 Å². The lowest BCUT2D eigenvalue weighted by Gasteiger charge is -2.44. The number of nitrogens with zero attached hydrogens (tertiary/aromatic N) is 2. The molecule has 2 aromatic rings. The van der Waals surface area contributed by atoms with Crippen LogP contribution in [0.4, 0.5) is 0 Å². The number of amides is 2. The highest BCUT2D eigenvalue weighted by Crippen LogP contribution is 2.33. The van der Waals surface area contributed by atoms with Gasteiger partial charge >= 0.3 is 0 Å². The molecule has 29 heavy (non-hydrogen) atoms. The molecule has 1 fully saturated rings. The smallest absolute Gasteiger partial charge is 0.271 e. The van der Waals surface area contributed by atoms with E-state index in [4.69, 9.17) is 0 Å². The van der Waals surface area contributed by atoms with Crippen molar-refractivity contribution in [1.29, 1.82) is 5.26 Å². The Morgan fingerprint density at radius 1 is 1.14 bits per heavy atom. The van der Waals surface area contributed by atoms with Crippen LogP contribution in [0.1, 0.15) is 42.5 Å². The molecule has 0 saturated carbocycles. The van der Waals surface area contributed by atoms with Gasteiger partial charge in [0.05, 0.1) is 11.6 Å². The van der Waals surface area contributed by atoms with Gasteiger partial charge in [-0.1, -0.05) is 49.4 Å². The summed E-state index contributed by atoms with van der Waals surface area (Å²) >= 11 is 0. The quantitative estimate of drug-likeness (QED) is 0.815. The van der Waals surface area contributed by atoms with E-state index in [1.165, 1.54) is 0 Å². The third-order valence-corrected chi connectivity index (χ3v) is 5.89. The second kappa shape index (κ2) is 7.92. The fraction of sp³-hybridized carbons (Fsp3) is 0.292. The van der Waals surface area contributed by atoms with Gasteiger partial charge in [0.15, 0.2) is 0 Å². The monoisotopic (exact) mass is 387 g/mol. The minimum atomic E-state index is -0.952. The molecule has 3 rings (SSSR count). The molecule has 1 unspecified atom stereocenters. The van der Waals surface area contributed by atoms with Crippen molar-refractivity contribution in [2.45, 2.75) is 39.2 Å². The number of aryl methyl sites for hydroxylation is 1. The summed E-state index contributed by atoms with van der Waals surface area (Å²) in [5.74, 6) is -0.445. The van der Waals surface area contributed by atoms with Crippen LogP contribution in [0.2, 0.25) is 0 Å². The van der Waals surface area contributed by atoms with E-state index < -0.39 is 5.54 Å². The summed E-state index contributed by atoms with van der Waals surface area (Å²) in [5, 5.41) is 12.4. The molecule has 5 nitrogen and oxygen atoms in total. The van der Waals surface area contributed by atoms with E-state index in [-0.39, 0.29) is 17.5 Å². The van der Waals surface area contributed by atoms with Crippen molar-refractivity contribution in [1.82, 2.24) is 10.2 Å². The van der Waals surface area contributed by atoms with E-state index in [0.29, 0.717) is 29.5 Å². The standard InChI is InChI=1S/C24H25N3O2/c1-5-24(14-18-11-7-6-8-12-18)23(29)26-21(22(28)27(24)4)17(3)20-16(2)10-9-13-19(20)15-25/h6-13H,5,14H2,1-4H3,(H,26,29). The molecule has 1 N–H and O–H groups in total. The third kappa shape index (κ3) is 3.42. The summed E-state index contributed by atoms with van der Waals surface area (Å²) in [4.78, 5) is 28.2. The van der Waals surface area contributed by atoms with Crippen LogP contribution in [0.25, 0.3) is 5.57 Å². The van der Waals surface area contributed by atoms with Crippen molar-refractivity contribution in [2.75, 3.05) is 7.05 Å². The molecule has 2 aromatic carbocycles. The Labute approximate surface area is 171 Å². The maximum absolute atomic E-state index is 13.3. The van der Waals surface area contributed by atoms with Gasteiger partial charge in [-0.2, -0.15) is 5.26 Å². The molecule has 1 heterocycles. The highest BCUT2D eigenvalue weighted by Gasteiger charge is 2.48. The van der Waals surface area contributed by atoms with Crippen LogP contribution >= 0.6 is 0 Å². The molecular weight excluding hydrogens is 362 g/mol. The van der Waals surface area contributed by atoms with Crippen LogP contribution in [0, 0.1) is 18.3 Å². The zero-order valence-corrected chi connectivity index (χ0v) is 17.2. The van der Waals surface area contributed by atoms with Crippen molar-refractivity contribution in [3.05, 3.63) is 76.5 Å². The molecular formula is C24H25N3O2. The fourth-order valence-electron chi connectivity index (χ4n) is 4.09. The molecule has 148 valence electrons. The second-order valence-electron chi connectivity index (χ2n) is 7.48. The van der Waals surface area contributed by atoms with Crippen LogP contribution in [0.3, 0.4) is 0 Å². The van der Waals surface area contributed by atoms with Gasteiger partial charge in [-0.05, 0) is 43.0 Å². The van der Waals surface area contributed by atoms with Gasteiger partial charge in [-0.15, -0.1) is 0 Å². The summed E-state index contributed by atoms with van der Waals surface area (Å²) in [5.41, 5.74) is 2.95. The number of rotatable bonds is 4. The first-order valence-electron chi connectivity index (χ1n) is 9.70. The number of allylic oxidation sites excluding steroid dienone is 1. The number of carbonyl (C=O) groups excluding carboxylic acids is 2. The summed E-state index contributed by atoms with van der Waals surface area (Å²) < 4.78 is 0. The van der Waals surface area contributed by atoms with Gasteiger partial charge in [0.1, 0.15) is 11.2 Å². The Bertz CT molecular complexity index is 1030. The highest BCUT2D eigenvalue weighted by atomic mass is 16.2. The Kier molecular flexibility index (Phi) is 5.56.